The Bertz CT molecular complexity index is 481. The van der Waals surface area contributed by atoms with Gasteiger partial charge in [-0.25, -0.2) is 12.8 Å². The van der Waals surface area contributed by atoms with Crippen molar-refractivity contribution in [3.05, 3.63) is 24.0 Å². The second-order valence-corrected chi connectivity index (χ2v) is 5.65. The fraction of sp³-hybridized carbons (Fsp3) is 0.400. The highest BCUT2D eigenvalue weighted by Gasteiger charge is 2.28. The van der Waals surface area contributed by atoms with Crippen molar-refractivity contribution in [2.45, 2.75) is 24.3 Å². The molecule has 1 aromatic rings. The van der Waals surface area contributed by atoms with Crippen molar-refractivity contribution in [1.29, 1.82) is 0 Å². The molecule has 1 heterocycles. The van der Waals surface area contributed by atoms with E-state index >= 15 is 0 Å². The number of halogens is 1. The molecule has 82 valence electrons. The van der Waals surface area contributed by atoms with Gasteiger partial charge in [0.15, 0.2) is 9.84 Å². The standard InChI is InChI=1S/C10H11FO3S/c1-7-5-6-15(12,13)10-8(11)3-2-4-9(10)14-7/h2-4,7H,5-6H2,1H3/t7-/m1/s1. The number of hydrogen-bond donors (Lipinski definition) is 0. The molecule has 0 aliphatic carbocycles. The van der Waals surface area contributed by atoms with Gasteiger partial charge in [-0.15, -0.1) is 0 Å². The summed E-state index contributed by atoms with van der Waals surface area (Å²) in [6.07, 6.45) is 0.180. The Kier molecular flexibility index (Phi) is 2.42. The van der Waals surface area contributed by atoms with Crippen molar-refractivity contribution in [1.82, 2.24) is 0 Å². The third kappa shape index (κ3) is 1.84. The van der Waals surface area contributed by atoms with Crippen LogP contribution in [0.15, 0.2) is 23.1 Å². The number of hydrogen-bond acceptors (Lipinski definition) is 3. The van der Waals surface area contributed by atoms with Crippen LogP contribution in [0.2, 0.25) is 0 Å². The van der Waals surface area contributed by atoms with Crippen LogP contribution < -0.4 is 4.74 Å². The lowest BCUT2D eigenvalue weighted by Crippen LogP contribution is -2.12. The third-order valence-electron chi connectivity index (χ3n) is 2.36. The summed E-state index contributed by atoms with van der Waals surface area (Å²) in [5.41, 5.74) is 0. The van der Waals surface area contributed by atoms with Crippen molar-refractivity contribution < 1.29 is 17.5 Å². The van der Waals surface area contributed by atoms with Gasteiger partial charge in [-0.2, -0.15) is 0 Å². The molecule has 0 N–H and O–H groups in total. The van der Waals surface area contributed by atoms with Gasteiger partial charge in [0, 0.05) is 0 Å². The van der Waals surface area contributed by atoms with Gasteiger partial charge < -0.3 is 4.74 Å². The molecule has 1 atom stereocenters. The maximum absolute atomic E-state index is 13.4. The van der Waals surface area contributed by atoms with Crippen molar-refractivity contribution in [3.8, 4) is 5.75 Å². The summed E-state index contributed by atoms with van der Waals surface area (Å²) < 4.78 is 42.2. The molecule has 0 amide bonds. The minimum absolute atomic E-state index is 0.0674. The smallest absolute Gasteiger partial charge is 0.185 e. The summed E-state index contributed by atoms with van der Waals surface area (Å²) in [4.78, 5) is -0.297. The Morgan fingerprint density at radius 2 is 2.20 bits per heavy atom. The molecule has 0 aromatic heterocycles. The lowest BCUT2D eigenvalue weighted by Gasteiger charge is -2.11. The van der Waals surface area contributed by atoms with Crippen molar-refractivity contribution in [2.24, 2.45) is 0 Å². The van der Waals surface area contributed by atoms with E-state index < -0.39 is 15.7 Å². The third-order valence-corrected chi connectivity index (χ3v) is 4.15. The number of ether oxygens (including phenoxy) is 1. The largest absolute Gasteiger partial charge is 0.489 e. The van der Waals surface area contributed by atoms with E-state index in [4.69, 9.17) is 4.74 Å². The number of benzene rings is 1. The highest BCUT2D eigenvalue weighted by Crippen LogP contribution is 2.31. The SMILES string of the molecule is C[C@@H]1CCS(=O)(=O)c2c(F)cccc2O1. The lowest BCUT2D eigenvalue weighted by atomic mass is 10.3. The van der Waals surface area contributed by atoms with E-state index in [0.29, 0.717) is 6.42 Å². The zero-order chi connectivity index (χ0) is 11.1. The molecule has 0 radical (unpaired) electrons. The summed E-state index contributed by atoms with van der Waals surface area (Å²) in [6, 6.07) is 4.06. The quantitative estimate of drug-likeness (QED) is 0.682. The van der Waals surface area contributed by atoms with Crippen molar-refractivity contribution in [2.75, 3.05) is 5.75 Å². The van der Waals surface area contributed by atoms with Gasteiger partial charge in [0.25, 0.3) is 0 Å². The molecular formula is C10H11FO3S. The molecule has 0 unspecified atom stereocenters. The van der Waals surface area contributed by atoms with Gasteiger partial charge >= 0.3 is 0 Å². The van der Waals surface area contributed by atoms with Crippen LogP contribution in [0.5, 0.6) is 5.75 Å². The molecule has 0 saturated heterocycles. The van der Waals surface area contributed by atoms with Crippen molar-refractivity contribution in [3.63, 3.8) is 0 Å². The number of rotatable bonds is 0. The minimum Gasteiger partial charge on any atom is -0.489 e. The van der Waals surface area contributed by atoms with Crippen LogP contribution in [-0.4, -0.2) is 20.3 Å². The molecule has 1 aliphatic rings. The first-order chi connectivity index (χ1) is 7.00. The lowest BCUT2D eigenvalue weighted by molar-refractivity contribution is 0.215. The van der Waals surface area contributed by atoms with Gasteiger partial charge in [0.2, 0.25) is 0 Å². The first-order valence-corrected chi connectivity index (χ1v) is 6.34. The summed E-state index contributed by atoms with van der Waals surface area (Å²) in [5, 5.41) is 0. The first-order valence-electron chi connectivity index (χ1n) is 4.68. The first kappa shape index (κ1) is 10.4. The maximum Gasteiger partial charge on any atom is 0.185 e. The average Bonchev–Trinajstić information content (AvgIpc) is 2.25. The molecule has 0 fully saturated rings. The Labute approximate surface area is 87.8 Å². The highest BCUT2D eigenvalue weighted by molar-refractivity contribution is 7.91. The normalized spacial score (nSPS) is 23.7. The van der Waals surface area contributed by atoms with Gasteiger partial charge in [-0.3, -0.25) is 0 Å². The van der Waals surface area contributed by atoms with E-state index in [1.807, 2.05) is 0 Å². The molecule has 3 nitrogen and oxygen atoms in total. The van der Waals surface area contributed by atoms with E-state index in [1.54, 1.807) is 6.92 Å². The van der Waals surface area contributed by atoms with Crippen molar-refractivity contribution >= 4 is 9.84 Å². The average molecular weight is 230 g/mol. The molecule has 0 bridgehead atoms. The Morgan fingerprint density at radius 1 is 1.47 bits per heavy atom. The second kappa shape index (κ2) is 3.48. The van der Waals surface area contributed by atoms with Crippen LogP contribution in [-0.2, 0) is 9.84 Å². The molecule has 0 spiro atoms. The molecule has 5 heteroatoms. The van der Waals surface area contributed by atoms with E-state index in [9.17, 15) is 12.8 Å². The van der Waals surface area contributed by atoms with Gasteiger partial charge in [0.1, 0.15) is 16.5 Å². The van der Waals surface area contributed by atoms with Gasteiger partial charge in [-0.05, 0) is 25.5 Å². The Balaban J connectivity index is 2.67. The highest BCUT2D eigenvalue weighted by atomic mass is 32.2. The maximum atomic E-state index is 13.4. The predicted molar refractivity (Wildman–Crippen MR) is 53.2 cm³/mol. The Hall–Kier alpha value is -1.10. The molecule has 0 saturated carbocycles. The van der Waals surface area contributed by atoms with Crippen LogP contribution in [0.25, 0.3) is 0 Å². The zero-order valence-corrected chi connectivity index (χ0v) is 9.05. The second-order valence-electron chi connectivity index (χ2n) is 3.60. The topological polar surface area (TPSA) is 43.4 Å². The van der Waals surface area contributed by atoms with E-state index in [2.05, 4.69) is 0 Å². The number of sulfone groups is 1. The van der Waals surface area contributed by atoms with Crippen LogP contribution in [0.1, 0.15) is 13.3 Å². The minimum atomic E-state index is -3.54. The van der Waals surface area contributed by atoms with Crippen LogP contribution >= 0.6 is 0 Å². The molecule has 2 rings (SSSR count). The predicted octanol–water partition coefficient (Wildman–Crippen LogP) is 1.77. The van der Waals surface area contributed by atoms with Gasteiger partial charge in [0.05, 0.1) is 11.9 Å². The summed E-state index contributed by atoms with van der Waals surface area (Å²) in [5.74, 6) is -0.677. The summed E-state index contributed by atoms with van der Waals surface area (Å²) in [7, 11) is -3.54. The van der Waals surface area contributed by atoms with Crippen LogP contribution in [0.3, 0.4) is 0 Å². The van der Waals surface area contributed by atoms with Gasteiger partial charge in [-0.1, -0.05) is 6.07 Å². The summed E-state index contributed by atoms with van der Waals surface area (Å²) in [6.45, 7) is 1.77. The summed E-state index contributed by atoms with van der Waals surface area (Å²) >= 11 is 0. The molecular weight excluding hydrogens is 219 g/mol. The zero-order valence-electron chi connectivity index (χ0n) is 8.23. The fourth-order valence-corrected chi connectivity index (χ4v) is 3.22. The van der Waals surface area contributed by atoms with E-state index in [-0.39, 0.29) is 22.5 Å². The fourth-order valence-electron chi connectivity index (χ4n) is 1.58. The molecule has 1 aliphatic heterocycles. The van der Waals surface area contributed by atoms with E-state index in [1.165, 1.54) is 12.1 Å². The molecule has 15 heavy (non-hydrogen) atoms. The van der Waals surface area contributed by atoms with Crippen LogP contribution in [0, 0.1) is 5.82 Å². The van der Waals surface area contributed by atoms with E-state index in [0.717, 1.165) is 6.07 Å². The monoisotopic (exact) mass is 230 g/mol. The Morgan fingerprint density at radius 3 is 2.93 bits per heavy atom. The molecule has 1 aromatic carbocycles. The number of fused-ring (bicyclic) bond motifs is 1. The van der Waals surface area contributed by atoms with Crippen LogP contribution in [0.4, 0.5) is 4.39 Å².